The van der Waals surface area contributed by atoms with Gasteiger partial charge in [-0.2, -0.15) is 5.10 Å². The number of nitrogens with one attached hydrogen (secondary N) is 2. The normalized spacial score (nSPS) is 17.1. The van der Waals surface area contributed by atoms with Crippen LogP contribution in [-0.2, 0) is 0 Å². The molecular formula is C29H35N5O2. The minimum absolute atomic E-state index is 0.0293. The van der Waals surface area contributed by atoms with Crippen LogP contribution < -0.4 is 10.6 Å². The fourth-order valence-electron chi connectivity index (χ4n) is 5.26. The second-order valence-electron chi connectivity index (χ2n) is 10.1. The number of aryl methyl sites for hydroxylation is 1. The van der Waals surface area contributed by atoms with Crippen molar-refractivity contribution in [2.75, 3.05) is 13.1 Å². The molecule has 2 heterocycles. The van der Waals surface area contributed by atoms with Crippen molar-refractivity contribution in [1.82, 2.24) is 25.3 Å². The van der Waals surface area contributed by atoms with E-state index in [0.717, 1.165) is 42.5 Å². The summed E-state index contributed by atoms with van der Waals surface area (Å²) in [6, 6.07) is 18.3. The first-order valence-corrected chi connectivity index (χ1v) is 13.2. The first-order valence-electron chi connectivity index (χ1n) is 13.2. The Morgan fingerprint density at radius 1 is 0.861 bits per heavy atom. The molecule has 36 heavy (non-hydrogen) atoms. The van der Waals surface area contributed by atoms with E-state index in [1.807, 2.05) is 66.6 Å². The molecule has 1 aliphatic heterocycles. The summed E-state index contributed by atoms with van der Waals surface area (Å²) in [5.74, 6) is -0.126. The Kier molecular flexibility index (Phi) is 7.35. The molecule has 0 spiro atoms. The van der Waals surface area contributed by atoms with Crippen LogP contribution in [0.1, 0.15) is 60.9 Å². The summed E-state index contributed by atoms with van der Waals surface area (Å²) in [5, 5.41) is 11.2. The minimum Gasteiger partial charge on any atom is -0.349 e. The van der Waals surface area contributed by atoms with Crippen LogP contribution in [0.5, 0.6) is 0 Å². The van der Waals surface area contributed by atoms with Gasteiger partial charge >= 0.3 is 6.03 Å². The van der Waals surface area contributed by atoms with Gasteiger partial charge in [-0.15, -0.1) is 0 Å². The number of para-hydroxylation sites is 1. The number of likely N-dealkylation sites (tertiary alicyclic amines) is 1. The number of nitrogens with zero attached hydrogens (tertiary/aromatic N) is 3. The molecule has 2 N–H and O–H groups in total. The van der Waals surface area contributed by atoms with Gasteiger partial charge < -0.3 is 15.5 Å². The van der Waals surface area contributed by atoms with Gasteiger partial charge in [-0.05, 0) is 50.8 Å². The predicted octanol–water partition coefficient (Wildman–Crippen LogP) is 5.08. The number of hydrogen-bond acceptors (Lipinski definition) is 3. The predicted molar refractivity (Wildman–Crippen MR) is 141 cm³/mol. The molecule has 0 atom stereocenters. The molecule has 1 saturated carbocycles. The number of amides is 3. The number of urea groups is 1. The van der Waals surface area contributed by atoms with Crippen molar-refractivity contribution < 1.29 is 9.59 Å². The Balaban J connectivity index is 1.26. The summed E-state index contributed by atoms with van der Waals surface area (Å²) in [7, 11) is 0. The third-order valence-electron chi connectivity index (χ3n) is 7.32. The van der Waals surface area contributed by atoms with Crippen molar-refractivity contribution in [3.8, 4) is 16.9 Å². The standard InChI is InChI=1S/C29H35N5O2/c1-21-9-8-10-22(19-21)27-26(20-34(32-27)25-13-6-3-7-14-25)28(35)30-24-15-17-33(18-16-24)29(36)31-23-11-4-2-5-12-23/h3,6-10,13-14,19-20,23-24H,2,4-5,11-12,15-18H2,1H3,(H,30,35)(H,31,36). The van der Waals surface area contributed by atoms with Gasteiger partial charge in [-0.25, -0.2) is 9.48 Å². The first-order chi connectivity index (χ1) is 17.6. The van der Waals surface area contributed by atoms with Crippen LogP contribution in [0.25, 0.3) is 16.9 Å². The average Bonchev–Trinajstić information content (AvgIpc) is 3.36. The summed E-state index contributed by atoms with van der Waals surface area (Å²) < 4.78 is 1.77. The zero-order valence-corrected chi connectivity index (χ0v) is 21.0. The summed E-state index contributed by atoms with van der Waals surface area (Å²) in [6.45, 7) is 3.34. The second kappa shape index (κ2) is 11.0. The van der Waals surface area contributed by atoms with Gasteiger partial charge in [0.15, 0.2) is 0 Å². The van der Waals surface area contributed by atoms with E-state index in [0.29, 0.717) is 30.4 Å². The Bertz CT molecular complexity index is 1190. The zero-order valence-electron chi connectivity index (χ0n) is 21.0. The van der Waals surface area contributed by atoms with Crippen LogP contribution >= 0.6 is 0 Å². The Labute approximate surface area is 212 Å². The number of hydrogen-bond donors (Lipinski definition) is 2. The topological polar surface area (TPSA) is 79.3 Å². The van der Waals surface area contributed by atoms with Crippen molar-refractivity contribution in [3.05, 3.63) is 71.9 Å². The van der Waals surface area contributed by atoms with E-state index in [1.54, 1.807) is 4.68 Å². The monoisotopic (exact) mass is 485 g/mol. The lowest BCUT2D eigenvalue weighted by Gasteiger charge is -2.34. The lowest BCUT2D eigenvalue weighted by atomic mass is 9.95. The average molecular weight is 486 g/mol. The zero-order chi connectivity index (χ0) is 24.9. The molecule has 1 aliphatic carbocycles. The van der Waals surface area contributed by atoms with E-state index < -0.39 is 0 Å². The van der Waals surface area contributed by atoms with Gasteiger partial charge in [-0.1, -0.05) is 61.2 Å². The third-order valence-corrected chi connectivity index (χ3v) is 7.32. The SMILES string of the molecule is Cc1cccc(-c2nn(-c3ccccc3)cc2C(=O)NC2CCN(C(=O)NC3CCCCC3)CC2)c1. The van der Waals surface area contributed by atoms with Crippen LogP contribution in [0.15, 0.2) is 60.8 Å². The Hall–Kier alpha value is -3.61. The van der Waals surface area contributed by atoms with E-state index in [1.165, 1.54) is 19.3 Å². The summed E-state index contributed by atoms with van der Waals surface area (Å²) in [5.41, 5.74) is 4.17. The van der Waals surface area contributed by atoms with Crippen LogP contribution in [0.2, 0.25) is 0 Å². The first kappa shape index (κ1) is 24.1. The minimum atomic E-state index is -0.126. The van der Waals surface area contributed by atoms with Crippen LogP contribution in [0.3, 0.4) is 0 Å². The van der Waals surface area contributed by atoms with Gasteiger partial charge in [0.2, 0.25) is 0 Å². The molecule has 2 fully saturated rings. The number of carbonyl (C=O) groups excluding carboxylic acids is 2. The molecule has 7 nitrogen and oxygen atoms in total. The van der Waals surface area contributed by atoms with Crippen LogP contribution in [0, 0.1) is 6.92 Å². The van der Waals surface area contributed by atoms with Gasteiger partial charge in [0.05, 0.1) is 11.3 Å². The van der Waals surface area contributed by atoms with Crippen molar-refractivity contribution in [3.63, 3.8) is 0 Å². The van der Waals surface area contributed by atoms with Gasteiger partial charge in [0.1, 0.15) is 5.69 Å². The fourth-order valence-corrected chi connectivity index (χ4v) is 5.26. The van der Waals surface area contributed by atoms with Crippen molar-refractivity contribution in [2.24, 2.45) is 0 Å². The van der Waals surface area contributed by atoms with E-state index in [4.69, 9.17) is 5.10 Å². The van der Waals surface area contributed by atoms with Crippen molar-refractivity contribution in [1.29, 1.82) is 0 Å². The summed E-state index contributed by atoms with van der Waals surface area (Å²) in [4.78, 5) is 28.0. The highest BCUT2D eigenvalue weighted by atomic mass is 16.2. The summed E-state index contributed by atoms with van der Waals surface area (Å²) in [6.07, 6.45) is 9.14. The van der Waals surface area contributed by atoms with E-state index >= 15 is 0 Å². The van der Waals surface area contributed by atoms with Crippen LogP contribution in [-0.4, -0.2) is 51.8 Å². The molecule has 5 rings (SSSR count). The highest BCUT2D eigenvalue weighted by Gasteiger charge is 2.27. The van der Waals surface area contributed by atoms with Crippen molar-refractivity contribution in [2.45, 2.75) is 64.0 Å². The highest BCUT2D eigenvalue weighted by Crippen LogP contribution is 2.25. The molecule has 2 aromatic carbocycles. The number of carbonyl (C=O) groups is 2. The smallest absolute Gasteiger partial charge is 0.317 e. The van der Waals surface area contributed by atoms with Gasteiger partial charge in [0.25, 0.3) is 5.91 Å². The number of aromatic nitrogens is 2. The Morgan fingerprint density at radius 3 is 2.31 bits per heavy atom. The lowest BCUT2D eigenvalue weighted by molar-refractivity contribution is 0.0918. The van der Waals surface area contributed by atoms with Crippen molar-refractivity contribution >= 4 is 11.9 Å². The molecule has 3 aromatic rings. The van der Waals surface area contributed by atoms with Gasteiger partial charge in [0, 0.05) is 36.9 Å². The maximum absolute atomic E-state index is 13.5. The molecule has 0 radical (unpaired) electrons. The van der Waals surface area contributed by atoms with E-state index in [-0.39, 0.29) is 18.0 Å². The molecule has 7 heteroatoms. The number of benzene rings is 2. The lowest BCUT2D eigenvalue weighted by Crippen LogP contribution is -2.51. The quantitative estimate of drug-likeness (QED) is 0.529. The maximum atomic E-state index is 13.5. The van der Waals surface area contributed by atoms with Gasteiger partial charge in [-0.3, -0.25) is 4.79 Å². The van der Waals surface area contributed by atoms with E-state index in [9.17, 15) is 9.59 Å². The largest absolute Gasteiger partial charge is 0.349 e. The summed E-state index contributed by atoms with van der Waals surface area (Å²) >= 11 is 0. The molecule has 1 aromatic heterocycles. The van der Waals surface area contributed by atoms with E-state index in [2.05, 4.69) is 16.7 Å². The fraction of sp³-hybridized carbons (Fsp3) is 0.414. The molecule has 1 saturated heterocycles. The highest BCUT2D eigenvalue weighted by molar-refractivity contribution is 6.00. The third kappa shape index (κ3) is 5.61. The Morgan fingerprint density at radius 2 is 1.58 bits per heavy atom. The second-order valence-corrected chi connectivity index (χ2v) is 10.1. The molecular weight excluding hydrogens is 450 g/mol. The molecule has 0 bridgehead atoms. The molecule has 2 aliphatic rings. The maximum Gasteiger partial charge on any atom is 0.317 e. The molecule has 3 amide bonds. The number of piperidine rings is 1. The van der Waals surface area contributed by atoms with Crippen LogP contribution in [0.4, 0.5) is 4.79 Å². The molecule has 188 valence electrons. The molecule has 0 unspecified atom stereocenters. The number of rotatable bonds is 5.